The van der Waals surface area contributed by atoms with Gasteiger partial charge in [0, 0.05) is 73.1 Å². The largest absolute Gasteiger partial charge is 0.473 e. The van der Waals surface area contributed by atoms with Gasteiger partial charge >= 0.3 is 0 Å². The molecule has 0 fully saturated rings. The van der Waals surface area contributed by atoms with Crippen LogP contribution >= 0.6 is 0 Å². The molecule has 0 radical (unpaired) electrons. The maximum atomic E-state index is 6.17. The molecule has 0 saturated heterocycles. The fourth-order valence-corrected chi connectivity index (χ4v) is 6.50. The van der Waals surface area contributed by atoms with E-state index >= 15 is 0 Å². The molecule has 0 saturated carbocycles. The van der Waals surface area contributed by atoms with Gasteiger partial charge in [0.2, 0.25) is 0 Å². The van der Waals surface area contributed by atoms with Crippen molar-refractivity contribution < 1.29 is 9.47 Å². The Morgan fingerprint density at radius 3 is 1.54 bits per heavy atom. The Morgan fingerprint density at radius 2 is 1.08 bits per heavy atom. The summed E-state index contributed by atoms with van der Waals surface area (Å²) in [4.78, 5) is 9.23. The van der Waals surface area contributed by atoms with E-state index in [-0.39, 0.29) is 0 Å². The molecule has 4 aromatic carbocycles. The maximum Gasteiger partial charge on any atom is 0.161 e. The Morgan fingerprint density at radius 1 is 0.625 bits per heavy atom. The summed E-state index contributed by atoms with van der Waals surface area (Å²) >= 11 is 0. The van der Waals surface area contributed by atoms with E-state index in [1.165, 1.54) is 46.5 Å². The first-order chi connectivity index (χ1) is 23.6. The number of fused-ring (bicyclic) bond motifs is 2. The van der Waals surface area contributed by atoms with Crippen LogP contribution in [0.2, 0.25) is 0 Å². The average molecular weight is 641 g/mol. The van der Waals surface area contributed by atoms with Gasteiger partial charge in [0.15, 0.2) is 13.5 Å². The van der Waals surface area contributed by atoms with Crippen molar-refractivity contribution in [1.82, 2.24) is 0 Å². The molecule has 4 aromatic rings. The summed E-state index contributed by atoms with van der Waals surface area (Å²) < 4.78 is 12.3. The van der Waals surface area contributed by atoms with Crippen molar-refractivity contribution in [2.75, 3.05) is 59.2 Å². The first-order valence-corrected chi connectivity index (χ1v) is 17.1. The second-order valence-corrected chi connectivity index (χ2v) is 12.6. The molecule has 0 bridgehead atoms. The molecule has 2 aliphatic heterocycles. The number of unbranched alkanes of at least 4 members (excludes halogenated alkanes) is 1. The average Bonchev–Trinajstić information content (AvgIpc) is 3.13. The highest BCUT2D eigenvalue weighted by molar-refractivity contribution is 5.59. The first kappa shape index (κ1) is 32.8. The zero-order valence-corrected chi connectivity index (χ0v) is 28.3. The van der Waals surface area contributed by atoms with E-state index in [0.29, 0.717) is 13.5 Å². The Kier molecular flexibility index (Phi) is 10.7. The van der Waals surface area contributed by atoms with Crippen LogP contribution in [0.4, 0.5) is 22.7 Å². The van der Waals surface area contributed by atoms with Gasteiger partial charge in [-0.2, -0.15) is 0 Å². The molecule has 248 valence electrons. The minimum Gasteiger partial charge on any atom is -0.473 e. The van der Waals surface area contributed by atoms with Gasteiger partial charge in [0.25, 0.3) is 0 Å². The topological polar surface area (TPSA) is 31.4 Å². The fraction of sp³-hybridized carbons (Fsp3) is 0.286. The molecule has 0 atom stereocenters. The van der Waals surface area contributed by atoms with Crippen LogP contribution in [0.1, 0.15) is 42.0 Å². The Bertz CT molecular complexity index is 1690. The van der Waals surface area contributed by atoms with Gasteiger partial charge in [-0.3, -0.25) is 0 Å². The summed E-state index contributed by atoms with van der Waals surface area (Å²) in [6, 6.07) is 30.8. The lowest BCUT2D eigenvalue weighted by atomic mass is 10.0. The van der Waals surface area contributed by atoms with Crippen LogP contribution < -0.4 is 29.1 Å². The molecular formula is C42H48N4O2. The molecule has 0 unspecified atom stereocenters. The van der Waals surface area contributed by atoms with Gasteiger partial charge < -0.3 is 29.1 Å². The van der Waals surface area contributed by atoms with E-state index in [4.69, 9.17) is 9.47 Å². The van der Waals surface area contributed by atoms with Crippen LogP contribution in [-0.2, 0) is 19.5 Å². The van der Waals surface area contributed by atoms with Gasteiger partial charge in [0.1, 0.15) is 11.5 Å². The Labute approximate surface area is 286 Å². The van der Waals surface area contributed by atoms with E-state index in [0.717, 1.165) is 68.6 Å². The molecule has 2 aliphatic rings. The predicted octanol–water partition coefficient (Wildman–Crippen LogP) is 8.96. The Hall–Kier alpha value is -5.10. The van der Waals surface area contributed by atoms with Crippen molar-refractivity contribution in [2.45, 2.75) is 39.3 Å². The van der Waals surface area contributed by atoms with Crippen LogP contribution in [0.3, 0.4) is 0 Å². The molecule has 6 heteroatoms. The quantitative estimate of drug-likeness (QED) is 0.121. The van der Waals surface area contributed by atoms with Crippen molar-refractivity contribution in [3.8, 4) is 11.5 Å². The summed E-state index contributed by atoms with van der Waals surface area (Å²) in [7, 11) is 0. The number of hydrogen-bond donors (Lipinski definition) is 0. The van der Waals surface area contributed by atoms with E-state index < -0.39 is 0 Å². The Balaban J connectivity index is 1.07. The van der Waals surface area contributed by atoms with E-state index in [1.807, 2.05) is 18.2 Å². The van der Waals surface area contributed by atoms with Crippen LogP contribution in [0, 0.1) is 0 Å². The lowest BCUT2D eigenvalue weighted by Gasteiger charge is -2.32. The number of hydrogen-bond acceptors (Lipinski definition) is 6. The standard InChI is InChI=1S/C42H48N4O2/c1-5-9-25-44(24-8-4)40-19-21-42-36(28-40)30-46(32-48-42)38-16-12-34(13-17-38)26-33-10-14-37(15-11-33)45-29-35-27-39(18-20-41(35)47-31-45)43(22-6-2)23-7-3/h6-8,10-21,27-28H,2-5,9,22-26,29-32H2,1H3. The van der Waals surface area contributed by atoms with Gasteiger partial charge in [-0.15, -0.1) is 19.7 Å². The monoisotopic (exact) mass is 640 g/mol. The summed E-state index contributed by atoms with van der Waals surface area (Å²) in [6.45, 7) is 20.2. The number of anilines is 4. The highest BCUT2D eigenvalue weighted by Gasteiger charge is 2.21. The molecule has 2 heterocycles. The van der Waals surface area contributed by atoms with Crippen LogP contribution in [0.25, 0.3) is 0 Å². The summed E-state index contributed by atoms with van der Waals surface area (Å²) in [5.41, 5.74) is 9.69. The summed E-state index contributed by atoms with van der Waals surface area (Å²) in [6.07, 6.45) is 9.05. The van der Waals surface area contributed by atoms with E-state index in [1.54, 1.807) is 0 Å². The van der Waals surface area contributed by atoms with Gasteiger partial charge in [-0.1, -0.05) is 55.8 Å². The third kappa shape index (κ3) is 7.71. The highest BCUT2D eigenvalue weighted by Crippen LogP contribution is 2.34. The maximum absolute atomic E-state index is 6.17. The molecule has 0 aliphatic carbocycles. The molecule has 0 spiro atoms. The van der Waals surface area contributed by atoms with Gasteiger partial charge in [-0.05, 0) is 84.6 Å². The minimum absolute atomic E-state index is 0.536. The van der Waals surface area contributed by atoms with Crippen molar-refractivity contribution in [1.29, 1.82) is 0 Å². The number of rotatable bonds is 15. The normalized spacial score (nSPS) is 13.4. The predicted molar refractivity (Wildman–Crippen MR) is 202 cm³/mol. The zero-order chi connectivity index (χ0) is 33.3. The second-order valence-electron chi connectivity index (χ2n) is 12.6. The lowest BCUT2D eigenvalue weighted by molar-refractivity contribution is 0.289. The SMILES string of the molecule is C=CCN(CC=C)c1ccc2c(c1)CN(c1ccc(Cc3ccc(N4COc5ccc(N(CC=C)CCCC)cc5C4)cc3)cc1)CO2. The van der Waals surface area contributed by atoms with Crippen LogP contribution in [0.5, 0.6) is 11.5 Å². The van der Waals surface area contributed by atoms with Crippen LogP contribution in [-0.4, -0.2) is 39.6 Å². The zero-order valence-electron chi connectivity index (χ0n) is 28.3. The van der Waals surface area contributed by atoms with Crippen molar-refractivity contribution in [2.24, 2.45) is 0 Å². The van der Waals surface area contributed by atoms with Gasteiger partial charge in [-0.25, -0.2) is 0 Å². The molecule has 6 nitrogen and oxygen atoms in total. The number of benzene rings is 4. The molecule has 0 aromatic heterocycles. The number of ether oxygens (including phenoxy) is 2. The molecular weight excluding hydrogens is 592 g/mol. The smallest absolute Gasteiger partial charge is 0.161 e. The van der Waals surface area contributed by atoms with Crippen LogP contribution in [0.15, 0.2) is 123 Å². The highest BCUT2D eigenvalue weighted by atomic mass is 16.5. The van der Waals surface area contributed by atoms with Crippen molar-refractivity contribution in [3.63, 3.8) is 0 Å². The molecule has 0 amide bonds. The molecule has 6 rings (SSSR count). The number of nitrogens with zero attached hydrogens (tertiary/aromatic N) is 4. The minimum atomic E-state index is 0.536. The second kappa shape index (κ2) is 15.7. The third-order valence-corrected chi connectivity index (χ3v) is 9.13. The third-order valence-electron chi connectivity index (χ3n) is 9.13. The first-order valence-electron chi connectivity index (χ1n) is 17.1. The van der Waals surface area contributed by atoms with Crippen molar-refractivity contribution >= 4 is 22.7 Å². The lowest BCUT2D eigenvalue weighted by Crippen LogP contribution is -2.32. The van der Waals surface area contributed by atoms with Gasteiger partial charge in [0.05, 0.1) is 0 Å². The van der Waals surface area contributed by atoms with E-state index in [2.05, 4.69) is 131 Å². The summed E-state index contributed by atoms with van der Waals surface area (Å²) in [5.74, 6) is 1.93. The summed E-state index contributed by atoms with van der Waals surface area (Å²) in [5, 5.41) is 0. The van der Waals surface area contributed by atoms with E-state index in [9.17, 15) is 0 Å². The van der Waals surface area contributed by atoms with Crippen molar-refractivity contribution in [3.05, 3.63) is 145 Å². The fourth-order valence-electron chi connectivity index (χ4n) is 6.50. The molecule has 0 N–H and O–H groups in total. The molecule has 48 heavy (non-hydrogen) atoms.